The molecule has 43 heavy (non-hydrogen) atoms. The zero-order valence-corrected chi connectivity index (χ0v) is 30.3. The van der Waals surface area contributed by atoms with E-state index in [4.69, 9.17) is 28.4 Å². The Balaban J connectivity index is 0.000000320. The molecule has 8 atom stereocenters. The first-order chi connectivity index (χ1) is 19.9. The zero-order valence-electron chi connectivity index (χ0n) is 26.6. The Morgan fingerprint density at radius 1 is 0.558 bits per heavy atom. The Morgan fingerprint density at radius 2 is 0.884 bits per heavy atom. The molecule has 10 heteroatoms. The van der Waals surface area contributed by atoms with Crippen molar-refractivity contribution in [1.29, 1.82) is 0 Å². The van der Waals surface area contributed by atoms with Gasteiger partial charge in [-0.3, -0.25) is 0 Å². The first-order valence-corrected chi connectivity index (χ1v) is 19.4. The van der Waals surface area contributed by atoms with Gasteiger partial charge in [0, 0.05) is 27.7 Å². The molecule has 8 aliphatic heterocycles. The summed E-state index contributed by atoms with van der Waals surface area (Å²) >= 11 is 3.35. The molecule has 0 saturated carbocycles. The molecule has 2 aromatic carbocycles. The third kappa shape index (κ3) is 5.41. The molecule has 10 rings (SSSR count). The summed E-state index contributed by atoms with van der Waals surface area (Å²) < 4.78 is 39.9. The number of rotatable bonds is 2. The van der Waals surface area contributed by atoms with E-state index in [1.807, 2.05) is 31.2 Å². The number of hydrogen-bond acceptors (Lipinski definition) is 6. The minimum absolute atomic E-state index is 0.285. The second-order valence-corrected chi connectivity index (χ2v) is 21.4. The van der Waals surface area contributed by atoms with Gasteiger partial charge in [-0.1, -0.05) is 19.1 Å². The van der Waals surface area contributed by atoms with E-state index < -0.39 is 39.0 Å². The Morgan fingerprint density at radius 3 is 1.14 bits per heavy atom. The third-order valence-electron chi connectivity index (χ3n) is 9.71. The second-order valence-electron chi connectivity index (χ2n) is 14.6. The van der Waals surface area contributed by atoms with E-state index in [2.05, 4.69) is 110 Å². The van der Waals surface area contributed by atoms with Gasteiger partial charge in [-0.2, -0.15) is 35.9 Å². The van der Waals surface area contributed by atoms with E-state index in [0.29, 0.717) is 0 Å². The first kappa shape index (κ1) is 32.8. The molecule has 0 spiro atoms. The quantitative estimate of drug-likeness (QED) is 0.187. The fourth-order valence-corrected chi connectivity index (χ4v) is 19.8. The predicted octanol–water partition coefficient (Wildman–Crippen LogP) is 7.32. The summed E-state index contributed by atoms with van der Waals surface area (Å²) in [6.45, 7) is 19.6. The van der Waals surface area contributed by atoms with E-state index in [0.717, 1.165) is 25.7 Å². The van der Waals surface area contributed by atoms with Crippen LogP contribution in [0.3, 0.4) is 0 Å². The van der Waals surface area contributed by atoms with Crippen LogP contribution in [-0.4, -0.2) is 44.5 Å². The summed E-state index contributed by atoms with van der Waals surface area (Å²) in [7, 11) is 1.63. The molecule has 8 fully saturated rings. The molecule has 0 N–H and O–H groups in total. The van der Waals surface area contributed by atoms with Crippen LogP contribution in [0.1, 0.15) is 86.6 Å². The van der Waals surface area contributed by atoms with Crippen LogP contribution in [0.5, 0.6) is 0 Å². The SMILES string of the molecule is CC12CC3(C)OC(C)(CC(C)(O1)[PH+]3c1ccccc1[PH+]1C3(C)CC4(C)OC(C)(CC1(C)O4)O3)O2.Cc1[c-]cccc1.[Cl][Ni]. The Kier molecular flexibility index (Phi) is 7.94. The van der Waals surface area contributed by atoms with E-state index in [9.17, 15) is 0 Å². The van der Waals surface area contributed by atoms with E-state index >= 15 is 0 Å². The van der Waals surface area contributed by atoms with Crippen molar-refractivity contribution < 1.29 is 43.0 Å². The number of benzene rings is 2. The molecule has 0 aromatic heterocycles. The van der Waals surface area contributed by atoms with Crippen molar-refractivity contribution in [1.82, 2.24) is 0 Å². The molecule has 239 valence electrons. The molecule has 8 bridgehead atoms. The summed E-state index contributed by atoms with van der Waals surface area (Å²) in [5.74, 6) is -2.39. The monoisotopic (exact) mass is 692 g/mol. The van der Waals surface area contributed by atoms with Crippen molar-refractivity contribution in [2.45, 2.75) is 133 Å². The molecule has 8 saturated heterocycles. The van der Waals surface area contributed by atoms with Crippen molar-refractivity contribution in [3.05, 3.63) is 60.2 Å². The average Bonchev–Trinajstić information content (AvgIpc) is 2.81. The van der Waals surface area contributed by atoms with Crippen LogP contribution in [-0.2, 0) is 43.0 Å². The molecule has 6 nitrogen and oxygen atoms in total. The van der Waals surface area contributed by atoms with Crippen LogP contribution >= 0.6 is 26.0 Å². The van der Waals surface area contributed by atoms with Gasteiger partial charge >= 0.3 is 24.8 Å². The van der Waals surface area contributed by atoms with Gasteiger partial charge in [0.25, 0.3) is 0 Å². The number of halogens is 1. The van der Waals surface area contributed by atoms with Crippen molar-refractivity contribution in [2.24, 2.45) is 0 Å². The number of ether oxygens (including phenoxy) is 6. The van der Waals surface area contributed by atoms with E-state index in [-0.39, 0.29) is 21.4 Å². The van der Waals surface area contributed by atoms with Crippen LogP contribution in [0.15, 0.2) is 48.5 Å². The van der Waals surface area contributed by atoms with Gasteiger partial charge in [0.2, 0.25) is 0 Å². The summed E-state index contributed by atoms with van der Waals surface area (Å²) in [6, 6.07) is 20.0. The number of hydrogen-bond donors (Lipinski definition) is 0. The van der Waals surface area contributed by atoms with Gasteiger partial charge in [-0.25, -0.2) is 0 Å². The van der Waals surface area contributed by atoms with E-state index in [1.54, 1.807) is 0 Å². The van der Waals surface area contributed by atoms with Gasteiger partial charge in [-0.05, 0) is 39.8 Å². The normalized spacial score (nSPS) is 50.0. The summed E-state index contributed by atoms with van der Waals surface area (Å²) in [6.07, 6.45) is 3.01. The van der Waals surface area contributed by atoms with Crippen LogP contribution in [0.25, 0.3) is 0 Å². The molecule has 0 aliphatic carbocycles. The summed E-state index contributed by atoms with van der Waals surface area (Å²) in [4.78, 5) is 0. The van der Waals surface area contributed by atoms with Crippen LogP contribution in [0.2, 0.25) is 0 Å². The van der Waals surface area contributed by atoms with Gasteiger partial charge in [0.15, 0.2) is 44.5 Å². The molecule has 0 radical (unpaired) electrons. The molecular formula is C33H45ClNiO6P2+. The standard InChI is InChI=1S/C26H36O6P2.C7H7.ClH.Ni/c1-19-13-23(5)30-20(2,27-19)14-24(6,29-19)33(23)17-11-9-10-12-18(17)34-25(7)15-21(3)28-22(4,32-25)16-26(34,8)31-21;1-7-5-3-2-4-6-7;;/h9-12H,13-16H2,1-8H3;2-5H,1H3;1H;/q;-1;;+1/p+1. The predicted molar refractivity (Wildman–Crippen MR) is 170 cm³/mol. The average molecular weight is 694 g/mol. The van der Waals surface area contributed by atoms with Gasteiger partial charge in [0.1, 0.15) is 26.5 Å². The van der Waals surface area contributed by atoms with Gasteiger partial charge in [-0.15, -0.1) is 0 Å². The van der Waals surface area contributed by atoms with Crippen LogP contribution < -0.4 is 10.6 Å². The van der Waals surface area contributed by atoms with Gasteiger partial charge < -0.3 is 28.4 Å². The third-order valence-corrected chi connectivity index (χ3v) is 17.3. The van der Waals surface area contributed by atoms with Crippen molar-refractivity contribution >= 4 is 36.6 Å². The molecule has 8 unspecified atom stereocenters. The summed E-state index contributed by atoms with van der Waals surface area (Å²) in [5.41, 5.74) is 1.20. The fourth-order valence-electron chi connectivity index (χ4n) is 10.0. The van der Waals surface area contributed by atoms with Crippen LogP contribution in [0.4, 0.5) is 0 Å². The second kappa shape index (κ2) is 10.4. The molecule has 2 aromatic rings. The van der Waals surface area contributed by atoms with Gasteiger partial charge in [0.05, 0.1) is 25.7 Å². The van der Waals surface area contributed by atoms with Crippen LogP contribution in [0, 0.1) is 13.0 Å². The van der Waals surface area contributed by atoms with E-state index in [1.165, 1.54) is 16.2 Å². The fraction of sp³-hybridized carbons (Fsp3) is 0.636. The maximum atomic E-state index is 6.81. The molecule has 8 heterocycles. The summed E-state index contributed by atoms with van der Waals surface area (Å²) in [5, 5.41) is 1.71. The topological polar surface area (TPSA) is 55.4 Å². The Labute approximate surface area is 271 Å². The molecule has 8 aliphatic rings. The Bertz CT molecular complexity index is 1220. The minimum atomic E-state index is -1.32. The van der Waals surface area contributed by atoms with Crippen molar-refractivity contribution in [3.63, 3.8) is 0 Å². The molecule has 0 amide bonds. The van der Waals surface area contributed by atoms with Crippen molar-refractivity contribution in [2.75, 3.05) is 0 Å². The Hall–Kier alpha value is -0.156. The zero-order chi connectivity index (χ0) is 31.3. The first-order valence-electron chi connectivity index (χ1n) is 15.1. The number of aryl methyl sites for hydroxylation is 1. The van der Waals surface area contributed by atoms with Crippen molar-refractivity contribution in [3.8, 4) is 0 Å². The molecular weight excluding hydrogens is 648 g/mol. The maximum absolute atomic E-state index is 6.81.